The highest BCUT2D eigenvalue weighted by Gasteiger charge is 2.24. The Morgan fingerprint density at radius 3 is 3.00 bits per heavy atom. The van der Waals surface area contributed by atoms with E-state index in [2.05, 4.69) is 43.4 Å². The van der Waals surface area contributed by atoms with Crippen LogP contribution < -0.4 is 5.32 Å². The number of nitrogens with one attached hydrogen (secondary N) is 1. The van der Waals surface area contributed by atoms with Gasteiger partial charge in [-0.15, -0.1) is 11.3 Å². The molecule has 0 spiro atoms. The lowest BCUT2D eigenvalue weighted by molar-refractivity contribution is 0.476. The average molecular weight is 272 g/mol. The normalized spacial score (nSPS) is 18.3. The van der Waals surface area contributed by atoms with Crippen molar-refractivity contribution in [2.45, 2.75) is 39.2 Å². The molecule has 1 atom stereocenters. The Morgan fingerprint density at radius 1 is 1.37 bits per heavy atom. The number of fused-ring (bicyclic) bond motifs is 1. The number of aromatic nitrogens is 1. The van der Waals surface area contributed by atoms with Crippen LogP contribution in [-0.2, 0) is 6.42 Å². The van der Waals surface area contributed by atoms with Crippen molar-refractivity contribution in [3.63, 3.8) is 0 Å². The standard InChI is InChI=1S/C16H20N2S/c1-3-17-13-9-6-10-14-15(13)19-16(18-14)12-8-5-4-7-11(12)2/h4-5,7-8,13,17H,3,6,9-10H2,1-2H3. The summed E-state index contributed by atoms with van der Waals surface area (Å²) >= 11 is 1.88. The molecule has 0 radical (unpaired) electrons. The van der Waals surface area contributed by atoms with Gasteiger partial charge in [-0.2, -0.15) is 0 Å². The molecule has 3 rings (SSSR count). The first-order chi connectivity index (χ1) is 9.29. The summed E-state index contributed by atoms with van der Waals surface area (Å²) in [5.41, 5.74) is 3.92. The molecule has 0 amide bonds. The van der Waals surface area contributed by atoms with E-state index in [1.165, 1.54) is 39.5 Å². The van der Waals surface area contributed by atoms with E-state index in [4.69, 9.17) is 4.98 Å². The highest BCUT2D eigenvalue weighted by atomic mass is 32.1. The van der Waals surface area contributed by atoms with Crippen molar-refractivity contribution < 1.29 is 0 Å². The van der Waals surface area contributed by atoms with Crippen molar-refractivity contribution in [3.8, 4) is 10.6 Å². The second-order valence-corrected chi connectivity index (χ2v) is 6.18. The maximum Gasteiger partial charge on any atom is 0.124 e. The van der Waals surface area contributed by atoms with Crippen molar-refractivity contribution in [1.29, 1.82) is 0 Å². The van der Waals surface area contributed by atoms with Crippen molar-refractivity contribution in [2.24, 2.45) is 0 Å². The number of hydrogen-bond acceptors (Lipinski definition) is 3. The van der Waals surface area contributed by atoms with E-state index in [1.54, 1.807) is 0 Å². The maximum absolute atomic E-state index is 4.89. The zero-order valence-electron chi connectivity index (χ0n) is 11.6. The van der Waals surface area contributed by atoms with Crippen LogP contribution in [0.2, 0.25) is 0 Å². The molecule has 3 heteroatoms. The molecule has 1 aromatic heterocycles. The van der Waals surface area contributed by atoms with Gasteiger partial charge in [0, 0.05) is 16.5 Å². The van der Waals surface area contributed by atoms with E-state index in [9.17, 15) is 0 Å². The number of hydrogen-bond donors (Lipinski definition) is 1. The predicted molar refractivity (Wildman–Crippen MR) is 81.6 cm³/mol. The van der Waals surface area contributed by atoms with E-state index in [0.29, 0.717) is 6.04 Å². The molecule has 1 heterocycles. The third-order valence-corrected chi connectivity index (χ3v) is 5.02. The fourth-order valence-electron chi connectivity index (χ4n) is 2.79. The lowest BCUT2D eigenvalue weighted by atomic mass is 9.98. The second kappa shape index (κ2) is 5.43. The number of thiazole rings is 1. The molecule has 2 aromatic rings. The third kappa shape index (κ3) is 2.45. The van der Waals surface area contributed by atoms with Crippen molar-refractivity contribution in [1.82, 2.24) is 10.3 Å². The number of nitrogens with zero attached hydrogens (tertiary/aromatic N) is 1. The monoisotopic (exact) mass is 272 g/mol. The molecule has 0 bridgehead atoms. The summed E-state index contributed by atoms with van der Waals surface area (Å²) < 4.78 is 0. The van der Waals surface area contributed by atoms with E-state index in [-0.39, 0.29) is 0 Å². The fourth-order valence-corrected chi connectivity index (χ4v) is 4.10. The van der Waals surface area contributed by atoms with Gasteiger partial charge in [-0.25, -0.2) is 4.98 Å². The molecule has 19 heavy (non-hydrogen) atoms. The first-order valence-corrected chi connectivity index (χ1v) is 7.90. The molecule has 0 saturated carbocycles. The Bertz CT molecular complexity index is 574. The Morgan fingerprint density at radius 2 is 2.21 bits per heavy atom. The smallest absolute Gasteiger partial charge is 0.124 e. The first kappa shape index (κ1) is 12.8. The van der Waals surface area contributed by atoms with Crippen LogP contribution >= 0.6 is 11.3 Å². The van der Waals surface area contributed by atoms with Crippen LogP contribution in [0.3, 0.4) is 0 Å². The molecule has 2 nitrogen and oxygen atoms in total. The van der Waals surface area contributed by atoms with Crippen LogP contribution in [0.15, 0.2) is 24.3 Å². The highest BCUT2D eigenvalue weighted by Crippen LogP contribution is 2.38. The lowest BCUT2D eigenvalue weighted by Gasteiger charge is -2.21. The largest absolute Gasteiger partial charge is 0.309 e. The topological polar surface area (TPSA) is 24.9 Å². The summed E-state index contributed by atoms with van der Waals surface area (Å²) in [5.74, 6) is 0. The minimum absolute atomic E-state index is 0.518. The molecule has 1 N–H and O–H groups in total. The van der Waals surface area contributed by atoms with Gasteiger partial charge in [-0.3, -0.25) is 0 Å². The summed E-state index contributed by atoms with van der Waals surface area (Å²) in [7, 11) is 0. The molecule has 1 unspecified atom stereocenters. The van der Waals surface area contributed by atoms with Gasteiger partial charge in [-0.05, 0) is 38.3 Å². The number of aryl methyl sites for hydroxylation is 2. The van der Waals surface area contributed by atoms with Gasteiger partial charge in [0.05, 0.1) is 5.69 Å². The maximum atomic E-state index is 4.89. The minimum Gasteiger partial charge on any atom is -0.309 e. The van der Waals surface area contributed by atoms with E-state index in [1.807, 2.05) is 11.3 Å². The third-order valence-electron chi connectivity index (χ3n) is 3.78. The SMILES string of the molecule is CCNC1CCCc2nc(-c3ccccc3C)sc21. The summed E-state index contributed by atoms with van der Waals surface area (Å²) in [6, 6.07) is 9.06. The quantitative estimate of drug-likeness (QED) is 0.909. The Labute approximate surface area is 118 Å². The number of rotatable bonds is 3. The van der Waals surface area contributed by atoms with Crippen LogP contribution in [0.5, 0.6) is 0 Å². The van der Waals surface area contributed by atoms with E-state index in [0.717, 1.165) is 13.0 Å². The van der Waals surface area contributed by atoms with Crippen molar-refractivity contribution in [3.05, 3.63) is 40.4 Å². The summed E-state index contributed by atoms with van der Waals surface area (Å²) in [4.78, 5) is 6.36. The summed E-state index contributed by atoms with van der Waals surface area (Å²) in [6.45, 7) is 5.37. The van der Waals surface area contributed by atoms with Gasteiger partial charge >= 0.3 is 0 Å². The molecule has 1 aliphatic carbocycles. The van der Waals surface area contributed by atoms with Crippen LogP contribution in [0.1, 0.15) is 41.9 Å². The van der Waals surface area contributed by atoms with E-state index >= 15 is 0 Å². The molecule has 0 fully saturated rings. The predicted octanol–water partition coefficient (Wildman–Crippen LogP) is 4.11. The molecule has 1 aromatic carbocycles. The zero-order chi connectivity index (χ0) is 13.2. The lowest BCUT2D eigenvalue weighted by Crippen LogP contribution is -2.23. The Hall–Kier alpha value is -1.19. The molecule has 100 valence electrons. The average Bonchev–Trinajstić information content (AvgIpc) is 2.84. The van der Waals surface area contributed by atoms with Crippen LogP contribution in [0.4, 0.5) is 0 Å². The second-order valence-electron chi connectivity index (χ2n) is 5.15. The molecule has 0 saturated heterocycles. The first-order valence-electron chi connectivity index (χ1n) is 7.08. The fraction of sp³-hybridized carbons (Fsp3) is 0.438. The molecular formula is C16H20N2S. The Balaban J connectivity index is 2.00. The zero-order valence-corrected chi connectivity index (χ0v) is 12.4. The van der Waals surface area contributed by atoms with Crippen LogP contribution in [-0.4, -0.2) is 11.5 Å². The molecule has 1 aliphatic rings. The van der Waals surface area contributed by atoms with Gasteiger partial charge in [0.2, 0.25) is 0 Å². The van der Waals surface area contributed by atoms with Gasteiger partial charge in [0.25, 0.3) is 0 Å². The van der Waals surface area contributed by atoms with Crippen LogP contribution in [0.25, 0.3) is 10.6 Å². The van der Waals surface area contributed by atoms with Crippen molar-refractivity contribution in [2.75, 3.05) is 6.54 Å². The summed E-state index contributed by atoms with van der Waals surface area (Å²) in [5, 5.41) is 4.78. The molecular weight excluding hydrogens is 252 g/mol. The number of benzene rings is 1. The minimum atomic E-state index is 0.518. The molecule has 0 aliphatic heterocycles. The van der Waals surface area contributed by atoms with Gasteiger partial charge in [-0.1, -0.05) is 31.2 Å². The highest BCUT2D eigenvalue weighted by molar-refractivity contribution is 7.15. The van der Waals surface area contributed by atoms with E-state index < -0.39 is 0 Å². The van der Waals surface area contributed by atoms with Gasteiger partial charge in [0.1, 0.15) is 5.01 Å². The van der Waals surface area contributed by atoms with Crippen LogP contribution in [0, 0.1) is 6.92 Å². The summed E-state index contributed by atoms with van der Waals surface area (Å²) in [6.07, 6.45) is 3.64. The van der Waals surface area contributed by atoms with Crippen molar-refractivity contribution >= 4 is 11.3 Å². The Kier molecular flexibility index (Phi) is 3.67. The van der Waals surface area contributed by atoms with Gasteiger partial charge < -0.3 is 5.32 Å². The van der Waals surface area contributed by atoms with Gasteiger partial charge in [0.15, 0.2) is 0 Å².